The number of hydrogen-bond acceptors (Lipinski definition) is 3. The van der Waals surface area contributed by atoms with Crippen LogP contribution in [-0.4, -0.2) is 41.4 Å². The molecule has 1 aromatic rings. The highest BCUT2D eigenvalue weighted by molar-refractivity contribution is 6.42. The van der Waals surface area contributed by atoms with Gasteiger partial charge in [0, 0.05) is 25.1 Å². The number of aliphatic hydroxyl groups is 1. The molecule has 0 bridgehead atoms. The molecule has 1 aliphatic carbocycles. The van der Waals surface area contributed by atoms with Gasteiger partial charge in [-0.2, -0.15) is 0 Å². The van der Waals surface area contributed by atoms with Crippen LogP contribution in [0.4, 0.5) is 4.79 Å². The molecule has 1 heterocycles. The van der Waals surface area contributed by atoms with Gasteiger partial charge < -0.3 is 14.7 Å². The number of carbonyl (C=O) groups excluding carboxylic acids is 1. The van der Waals surface area contributed by atoms with Gasteiger partial charge in [-0.15, -0.1) is 0 Å². The summed E-state index contributed by atoms with van der Waals surface area (Å²) in [5, 5.41) is 10.4. The Morgan fingerprint density at radius 1 is 1.38 bits per heavy atom. The molecular formula is C18H23Cl2NO3. The van der Waals surface area contributed by atoms with Gasteiger partial charge in [0.25, 0.3) is 0 Å². The lowest BCUT2D eigenvalue weighted by molar-refractivity contribution is 0.0259. The molecule has 1 amide bonds. The van der Waals surface area contributed by atoms with Gasteiger partial charge in [0.05, 0.1) is 10.0 Å². The standard InChI is InChI=1S/C18H23Cl2NO3/c1-17(2,3)24-16(23)21-9-13-12(6-7-22)18(13,10-21)11-4-5-14(19)15(20)8-11/h4-5,8,12-13,22H,6-7,9-10H2,1-3H3. The molecule has 3 atom stereocenters. The van der Waals surface area contributed by atoms with Crippen molar-refractivity contribution in [3.8, 4) is 0 Å². The molecule has 3 rings (SSSR count). The Balaban J connectivity index is 1.84. The van der Waals surface area contributed by atoms with Crippen LogP contribution in [0, 0.1) is 11.8 Å². The lowest BCUT2D eigenvalue weighted by Gasteiger charge is -2.28. The van der Waals surface area contributed by atoms with Crippen LogP contribution in [0.25, 0.3) is 0 Å². The summed E-state index contributed by atoms with van der Waals surface area (Å²) in [4.78, 5) is 14.2. The second-order valence-corrected chi connectivity index (χ2v) is 8.57. The Labute approximate surface area is 152 Å². The van der Waals surface area contributed by atoms with Gasteiger partial charge in [0.1, 0.15) is 5.60 Å². The van der Waals surface area contributed by atoms with Gasteiger partial charge in [0.15, 0.2) is 0 Å². The van der Waals surface area contributed by atoms with Crippen molar-refractivity contribution in [3.63, 3.8) is 0 Å². The van der Waals surface area contributed by atoms with E-state index in [2.05, 4.69) is 0 Å². The maximum Gasteiger partial charge on any atom is 0.410 e. The average Bonchev–Trinajstić information content (AvgIpc) is 2.89. The highest BCUT2D eigenvalue weighted by atomic mass is 35.5. The van der Waals surface area contributed by atoms with Gasteiger partial charge in [0.2, 0.25) is 0 Å². The first kappa shape index (κ1) is 17.8. The Bertz CT molecular complexity index is 658. The van der Waals surface area contributed by atoms with Crippen LogP contribution < -0.4 is 0 Å². The number of carbonyl (C=O) groups is 1. The summed E-state index contributed by atoms with van der Waals surface area (Å²) >= 11 is 12.2. The van der Waals surface area contributed by atoms with Crippen LogP contribution in [0.3, 0.4) is 0 Å². The highest BCUT2D eigenvalue weighted by Crippen LogP contribution is 2.65. The maximum atomic E-state index is 12.4. The van der Waals surface area contributed by atoms with E-state index in [1.165, 1.54) is 0 Å². The van der Waals surface area contributed by atoms with E-state index in [4.69, 9.17) is 27.9 Å². The van der Waals surface area contributed by atoms with Crippen molar-refractivity contribution >= 4 is 29.3 Å². The van der Waals surface area contributed by atoms with Crippen molar-refractivity contribution in [2.24, 2.45) is 11.8 Å². The Kier molecular flexibility index (Phi) is 4.52. The van der Waals surface area contributed by atoms with E-state index < -0.39 is 5.60 Å². The molecule has 1 saturated heterocycles. The minimum atomic E-state index is -0.509. The van der Waals surface area contributed by atoms with Gasteiger partial charge in [-0.25, -0.2) is 4.79 Å². The Hall–Kier alpha value is -0.970. The number of nitrogens with zero attached hydrogens (tertiary/aromatic N) is 1. The van der Waals surface area contributed by atoms with Crippen LogP contribution in [-0.2, 0) is 10.2 Å². The van der Waals surface area contributed by atoms with E-state index in [1.54, 1.807) is 11.0 Å². The fraction of sp³-hybridized carbons (Fsp3) is 0.611. The largest absolute Gasteiger partial charge is 0.444 e. The molecule has 0 radical (unpaired) electrons. The van der Waals surface area contributed by atoms with Crippen LogP contribution in [0.1, 0.15) is 32.8 Å². The molecular weight excluding hydrogens is 349 g/mol. The Morgan fingerprint density at radius 3 is 2.67 bits per heavy atom. The molecule has 1 aromatic carbocycles. The molecule has 1 aliphatic heterocycles. The molecule has 1 N–H and O–H groups in total. The monoisotopic (exact) mass is 371 g/mol. The molecule has 1 saturated carbocycles. The fourth-order valence-corrected chi connectivity index (χ4v) is 4.41. The SMILES string of the molecule is CC(C)(C)OC(=O)N1CC2C(CCO)C2(c2ccc(Cl)c(Cl)c2)C1. The maximum absolute atomic E-state index is 12.4. The molecule has 0 aromatic heterocycles. The highest BCUT2D eigenvalue weighted by Gasteiger charge is 2.69. The lowest BCUT2D eigenvalue weighted by Crippen LogP contribution is -2.39. The van der Waals surface area contributed by atoms with E-state index in [0.29, 0.717) is 35.0 Å². The molecule has 132 valence electrons. The number of benzene rings is 1. The van der Waals surface area contributed by atoms with E-state index in [-0.39, 0.29) is 18.1 Å². The van der Waals surface area contributed by atoms with Crippen molar-refractivity contribution in [2.75, 3.05) is 19.7 Å². The molecule has 0 spiro atoms. The van der Waals surface area contributed by atoms with Crippen molar-refractivity contribution in [3.05, 3.63) is 33.8 Å². The predicted molar refractivity (Wildman–Crippen MR) is 94.6 cm³/mol. The number of rotatable bonds is 3. The van der Waals surface area contributed by atoms with Gasteiger partial charge >= 0.3 is 6.09 Å². The number of hydrogen-bond donors (Lipinski definition) is 1. The molecule has 24 heavy (non-hydrogen) atoms. The molecule has 4 nitrogen and oxygen atoms in total. The molecule has 2 fully saturated rings. The predicted octanol–water partition coefficient (Wildman–Crippen LogP) is 4.11. The number of fused-ring (bicyclic) bond motifs is 1. The van der Waals surface area contributed by atoms with Crippen molar-refractivity contribution < 1.29 is 14.6 Å². The fourth-order valence-electron chi connectivity index (χ4n) is 4.12. The minimum absolute atomic E-state index is 0.145. The topological polar surface area (TPSA) is 49.8 Å². The normalized spacial score (nSPS) is 28.7. The van der Waals surface area contributed by atoms with E-state index >= 15 is 0 Å². The summed E-state index contributed by atoms with van der Waals surface area (Å²) in [6.45, 7) is 6.99. The third-order valence-electron chi connectivity index (χ3n) is 5.12. The molecule has 3 unspecified atom stereocenters. The number of ether oxygens (including phenoxy) is 1. The zero-order chi connectivity index (χ0) is 17.7. The Morgan fingerprint density at radius 2 is 2.08 bits per heavy atom. The van der Waals surface area contributed by atoms with Crippen molar-refractivity contribution in [2.45, 2.75) is 38.2 Å². The molecule has 6 heteroatoms. The zero-order valence-corrected chi connectivity index (χ0v) is 15.7. The van der Waals surface area contributed by atoms with E-state index in [0.717, 1.165) is 12.0 Å². The number of amides is 1. The third-order valence-corrected chi connectivity index (χ3v) is 5.86. The summed E-state index contributed by atoms with van der Waals surface area (Å²) in [6, 6.07) is 5.68. The summed E-state index contributed by atoms with van der Waals surface area (Å²) < 4.78 is 5.50. The summed E-state index contributed by atoms with van der Waals surface area (Å²) in [5.74, 6) is 0.688. The number of halogens is 2. The summed E-state index contributed by atoms with van der Waals surface area (Å²) in [6.07, 6.45) is 0.449. The van der Waals surface area contributed by atoms with Crippen LogP contribution in [0.15, 0.2) is 18.2 Å². The smallest absolute Gasteiger partial charge is 0.410 e. The lowest BCUT2D eigenvalue weighted by atomic mass is 9.92. The van der Waals surface area contributed by atoms with E-state index in [1.807, 2.05) is 32.9 Å². The summed E-state index contributed by atoms with van der Waals surface area (Å²) in [7, 11) is 0. The first-order chi connectivity index (χ1) is 11.2. The zero-order valence-electron chi connectivity index (χ0n) is 14.2. The quantitative estimate of drug-likeness (QED) is 0.869. The van der Waals surface area contributed by atoms with Crippen LogP contribution in [0.5, 0.6) is 0 Å². The van der Waals surface area contributed by atoms with Crippen molar-refractivity contribution in [1.82, 2.24) is 4.90 Å². The van der Waals surface area contributed by atoms with Crippen LogP contribution >= 0.6 is 23.2 Å². The molecule has 2 aliphatic rings. The van der Waals surface area contributed by atoms with E-state index in [9.17, 15) is 9.90 Å². The van der Waals surface area contributed by atoms with Gasteiger partial charge in [-0.3, -0.25) is 0 Å². The summed E-state index contributed by atoms with van der Waals surface area (Å²) in [5.41, 5.74) is 0.435. The van der Waals surface area contributed by atoms with Gasteiger partial charge in [-0.1, -0.05) is 29.3 Å². The number of piperidine rings is 1. The minimum Gasteiger partial charge on any atom is -0.444 e. The van der Waals surface area contributed by atoms with Crippen molar-refractivity contribution in [1.29, 1.82) is 0 Å². The second kappa shape index (κ2) is 6.08. The second-order valence-electron chi connectivity index (χ2n) is 7.76. The average molecular weight is 372 g/mol. The van der Waals surface area contributed by atoms with Gasteiger partial charge in [-0.05, 0) is 56.7 Å². The number of likely N-dealkylation sites (tertiary alicyclic amines) is 1. The van der Waals surface area contributed by atoms with Crippen LogP contribution in [0.2, 0.25) is 10.0 Å². The first-order valence-corrected chi connectivity index (χ1v) is 8.99. The first-order valence-electron chi connectivity index (χ1n) is 8.23. The number of aliphatic hydroxyl groups excluding tert-OH is 1. The third kappa shape index (κ3) is 3.00.